The van der Waals surface area contributed by atoms with Crippen LogP contribution in [0.4, 0.5) is 0 Å². The summed E-state index contributed by atoms with van der Waals surface area (Å²) in [4.78, 5) is 13.6. The molecule has 0 unspecified atom stereocenters. The maximum Gasteiger partial charge on any atom is 0.309 e. The highest BCUT2D eigenvalue weighted by Gasteiger charge is 2.27. The Morgan fingerprint density at radius 2 is 1.95 bits per heavy atom. The first-order valence-electron chi connectivity index (χ1n) is 7.09. The van der Waals surface area contributed by atoms with E-state index in [9.17, 15) is 9.90 Å². The number of morpholine rings is 1. The first kappa shape index (κ1) is 15.0. The number of ether oxygens (including phenoxy) is 1. The molecule has 0 saturated carbocycles. The van der Waals surface area contributed by atoms with Crippen LogP contribution in [0.5, 0.6) is 0 Å². The lowest BCUT2D eigenvalue weighted by Crippen LogP contribution is -2.35. The molecule has 1 saturated heterocycles. The highest BCUT2D eigenvalue weighted by Crippen LogP contribution is 2.23. The summed E-state index contributed by atoms with van der Waals surface area (Å²) in [6.45, 7) is 7.96. The second-order valence-electron chi connectivity index (χ2n) is 6.07. The molecule has 0 spiro atoms. The fraction of sp³-hybridized carbons (Fsp3) is 0.562. The summed E-state index contributed by atoms with van der Waals surface area (Å²) < 4.78 is 5.35. The lowest BCUT2D eigenvalue weighted by molar-refractivity contribution is -0.146. The Morgan fingerprint density at radius 3 is 2.60 bits per heavy atom. The van der Waals surface area contributed by atoms with Crippen LogP contribution >= 0.6 is 0 Å². The number of rotatable bonds is 5. The molecule has 4 heteroatoms. The van der Waals surface area contributed by atoms with Crippen molar-refractivity contribution in [3.05, 3.63) is 35.4 Å². The van der Waals surface area contributed by atoms with E-state index in [1.54, 1.807) is 13.8 Å². The third-order valence-corrected chi connectivity index (χ3v) is 3.73. The molecular weight excluding hydrogens is 254 g/mol. The smallest absolute Gasteiger partial charge is 0.309 e. The Kier molecular flexibility index (Phi) is 4.78. The monoisotopic (exact) mass is 277 g/mol. The zero-order valence-electron chi connectivity index (χ0n) is 12.3. The Morgan fingerprint density at radius 1 is 1.30 bits per heavy atom. The number of hydrogen-bond acceptors (Lipinski definition) is 3. The minimum Gasteiger partial charge on any atom is -0.481 e. The number of benzene rings is 1. The van der Waals surface area contributed by atoms with Gasteiger partial charge in [0.1, 0.15) is 0 Å². The van der Waals surface area contributed by atoms with Crippen molar-refractivity contribution in [3.63, 3.8) is 0 Å². The van der Waals surface area contributed by atoms with E-state index in [0.717, 1.165) is 38.4 Å². The van der Waals surface area contributed by atoms with Crippen molar-refractivity contribution in [3.8, 4) is 0 Å². The molecule has 0 bridgehead atoms. The predicted molar refractivity (Wildman–Crippen MR) is 77.7 cm³/mol. The highest BCUT2D eigenvalue weighted by atomic mass is 16.5. The van der Waals surface area contributed by atoms with E-state index in [0.29, 0.717) is 6.42 Å². The maximum absolute atomic E-state index is 11.2. The van der Waals surface area contributed by atoms with Gasteiger partial charge in [0.2, 0.25) is 0 Å². The average molecular weight is 277 g/mol. The van der Waals surface area contributed by atoms with Crippen LogP contribution in [-0.4, -0.2) is 42.3 Å². The third-order valence-electron chi connectivity index (χ3n) is 3.73. The molecule has 110 valence electrons. The van der Waals surface area contributed by atoms with Gasteiger partial charge in [0.25, 0.3) is 0 Å². The van der Waals surface area contributed by atoms with Crippen molar-refractivity contribution < 1.29 is 14.6 Å². The topological polar surface area (TPSA) is 49.8 Å². The van der Waals surface area contributed by atoms with Gasteiger partial charge in [-0.15, -0.1) is 0 Å². The molecule has 0 atom stereocenters. The average Bonchev–Trinajstić information content (AvgIpc) is 2.39. The summed E-state index contributed by atoms with van der Waals surface area (Å²) in [5.74, 6) is -0.754. The van der Waals surface area contributed by atoms with Crippen molar-refractivity contribution in [2.24, 2.45) is 5.41 Å². The van der Waals surface area contributed by atoms with Crippen LogP contribution in [-0.2, 0) is 22.5 Å². The van der Waals surface area contributed by atoms with Gasteiger partial charge in [-0.2, -0.15) is 0 Å². The lowest BCUT2D eigenvalue weighted by Gasteiger charge is -2.27. The van der Waals surface area contributed by atoms with Gasteiger partial charge in [-0.3, -0.25) is 9.69 Å². The summed E-state index contributed by atoms with van der Waals surface area (Å²) in [6, 6.07) is 8.25. The Balaban J connectivity index is 2.02. The van der Waals surface area contributed by atoms with Crippen LogP contribution in [0.3, 0.4) is 0 Å². The molecule has 0 aliphatic carbocycles. The van der Waals surface area contributed by atoms with Crippen LogP contribution in [0.1, 0.15) is 25.0 Å². The normalized spacial score (nSPS) is 17.1. The summed E-state index contributed by atoms with van der Waals surface area (Å²) in [7, 11) is 0. The summed E-state index contributed by atoms with van der Waals surface area (Å²) in [6.07, 6.45) is 0.555. The van der Waals surface area contributed by atoms with E-state index in [1.807, 2.05) is 12.1 Å². The van der Waals surface area contributed by atoms with Crippen LogP contribution in [0.15, 0.2) is 24.3 Å². The third kappa shape index (κ3) is 4.05. The fourth-order valence-corrected chi connectivity index (χ4v) is 2.44. The van der Waals surface area contributed by atoms with Crippen molar-refractivity contribution in [2.45, 2.75) is 26.8 Å². The molecule has 1 aliphatic rings. The maximum atomic E-state index is 11.2. The molecular formula is C16H23NO3. The molecule has 0 radical (unpaired) electrons. The SMILES string of the molecule is CC(C)(Cc1cccc(CN2CCOCC2)c1)C(=O)O. The number of carboxylic acid groups (broad SMARTS) is 1. The summed E-state index contributed by atoms with van der Waals surface area (Å²) in [5, 5.41) is 9.21. The van der Waals surface area contributed by atoms with Crippen LogP contribution in [0.2, 0.25) is 0 Å². The zero-order chi connectivity index (χ0) is 14.6. The summed E-state index contributed by atoms with van der Waals surface area (Å²) in [5.41, 5.74) is 1.60. The van der Waals surface area contributed by atoms with E-state index in [-0.39, 0.29) is 0 Å². The number of hydrogen-bond donors (Lipinski definition) is 1. The van der Waals surface area contributed by atoms with Gasteiger partial charge in [-0.05, 0) is 31.4 Å². The molecule has 4 nitrogen and oxygen atoms in total. The molecule has 20 heavy (non-hydrogen) atoms. The molecule has 1 heterocycles. The Labute approximate surface area is 120 Å². The standard InChI is InChI=1S/C16H23NO3/c1-16(2,15(18)19)11-13-4-3-5-14(10-13)12-17-6-8-20-9-7-17/h3-5,10H,6-9,11-12H2,1-2H3,(H,18,19). The summed E-state index contributed by atoms with van der Waals surface area (Å²) >= 11 is 0. The van der Waals surface area contributed by atoms with Gasteiger partial charge in [0.05, 0.1) is 18.6 Å². The lowest BCUT2D eigenvalue weighted by atomic mass is 9.85. The predicted octanol–water partition coefficient (Wildman–Crippen LogP) is 2.17. The van der Waals surface area contributed by atoms with Gasteiger partial charge < -0.3 is 9.84 Å². The van der Waals surface area contributed by atoms with Crippen LogP contribution < -0.4 is 0 Å². The van der Waals surface area contributed by atoms with Crippen molar-refractivity contribution in [2.75, 3.05) is 26.3 Å². The molecule has 0 aromatic heterocycles. The number of aliphatic carboxylic acids is 1. The van der Waals surface area contributed by atoms with E-state index in [2.05, 4.69) is 17.0 Å². The van der Waals surface area contributed by atoms with E-state index >= 15 is 0 Å². The van der Waals surface area contributed by atoms with E-state index < -0.39 is 11.4 Å². The first-order chi connectivity index (χ1) is 9.47. The van der Waals surface area contributed by atoms with E-state index in [1.165, 1.54) is 5.56 Å². The number of carboxylic acids is 1. The molecule has 2 rings (SSSR count). The van der Waals surface area contributed by atoms with Gasteiger partial charge in [0.15, 0.2) is 0 Å². The van der Waals surface area contributed by atoms with Gasteiger partial charge in [-0.1, -0.05) is 24.3 Å². The zero-order valence-corrected chi connectivity index (χ0v) is 12.3. The van der Waals surface area contributed by atoms with Gasteiger partial charge in [-0.25, -0.2) is 0 Å². The highest BCUT2D eigenvalue weighted by molar-refractivity contribution is 5.74. The van der Waals surface area contributed by atoms with Crippen LogP contribution in [0, 0.1) is 5.41 Å². The largest absolute Gasteiger partial charge is 0.481 e. The fourth-order valence-electron chi connectivity index (χ4n) is 2.44. The first-order valence-corrected chi connectivity index (χ1v) is 7.09. The Bertz CT molecular complexity index is 465. The van der Waals surface area contributed by atoms with Gasteiger partial charge >= 0.3 is 5.97 Å². The molecule has 1 aliphatic heterocycles. The molecule has 1 aromatic rings. The second kappa shape index (κ2) is 6.37. The molecule has 1 N–H and O–H groups in total. The van der Waals surface area contributed by atoms with Crippen molar-refractivity contribution >= 4 is 5.97 Å². The second-order valence-corrected chi connectivity index (χ2v) is 6.07. The molecule has 0 amide bonds. The minimum atomic E-state index is -0.754. The number of nitrogens with zero attached hydrogens (tertiary/aromatic N) is 1. The van der Waals surface area contributed by atoms with Crippen LogP contribution in [0.25, 0.3) is 0 Å². The van der Waals surface area contributed by atoms with E-state index in [4.69, 9.17) is 4.74 Å². The number of carbonyl (C=O) groups is 1. The van der Waals surface area contributed by atoms with Gasteiger partial charge in [0, 0.05) is 19.6 Å². The quantitative estimate of drug-likeness (QED) is 0.896. The van der Waals surface area contributed by atoms with Crippen molar-refractivity contribution in [1.82, 2.24) is 4.90 Å². The molecule has 1 aromatic carbocycles. The molecule has 1 fully saturated rings. The minimum absolute atomic E-state index is 0.555. The Hall–Kier alpha value is -1.39. The van der Waals surface area contributed by atoms with Crippen molar-refractivity contribution in [1.29, 1.82) is 0 Å².